The molecule has 35 heavy (non-hydrogen) atoms. The number of hydrogen-bond acceptors (Lipinski definition) is 6. The second-order valence-electron chi connectivity index (χ2n) is 8.61. The maximum atomic E-state index is 13.8. The number of ether oxygens (including phenoxy) is 1. The molecule has 2 amide bonds. The fourth-order valence-corrected chi connectivity index (χ4v) is 4.38. The SMILES string of the molecule is NC(=O)C1(OC(=O)C2CCN(C(=O)c3nc4c(C(F)(F)F)cc(-c5ccoc5)cn4c3Cl)C2)CC1. The number of esters is 1. The number of rotatable bonds is 5. The van der Waals surface area contributed by atoms with Gasteiger partial charge in [-0.05, 0) is 18.6 Å². The van der Waals surface area contributed by atoms with E-state index in [0.717, 1.165) is 10.5 Å². The van der Waals surface area contributed by atoms with Crippen LogP contribution in [0.5, 0.6) is 0 Å². The number of alkyl halides is 3. The monoisotopic (exact) mass is 510 g/mol. The van der Waals surface area contributed by atoms with Crippen molar-refractivity contribution in [3.63, 3.8) is 0 Å². The lowest BCUT2D eigenvalue weighted by atomic mass is 10.1. The molecule has 13 heteroatoms. The van der Waals surface area contributed by atoms with Crippen molar-refractivity contribution in [2.75, 3.05) is 13.1 Å². The van der Waals surface area contributed by atoms with Gasteiger partial charge in [0.15, 0.2) is 16.9 Å². The number of primary amides is 1. The van der Waals surface area contributed by atoms with E-state index in [9.17, 15) is 27.6 Å². The Balaban J connectivity index is 1.43. The van der Waals surface area contributed by atoms with Crippen LogP contribution in [0.3, 0.4) is 0 Å². The van der Waals surface area contributed by atoms with Gasteiger partial charge in [0.05, 0.1) is 24.0 Å². The van der Waals surface area contributed by atoms with Crippen LogP contribution in [0.15, 0.2) is 35.3 Å². The number of carbonyl (C=O) groups excluding carboxylic acids is 3. The van der Waals surface area contributed by atoms with Gasteiger partial charge in [0, 0.05) is 43.3 Å². The summed E-state index contributed by atoms with van der Waals surface area (Å²) in [6, 6.07) is 2.40. The standard InChI is InChI=1S/C22H18ClF3N4O5/c23-16-15(18(31)29-5-1-11(8-29)19(32)35-21(3-4-21)20(27)33)28-17-14(22(24,25)26)7-13(9-30(16)17)12-2-6-34-10-12/h2,6-7,9-11H,1,3-5,8H2,(H2,27,33). The lowest BCUT2D eigenvalue weighted by Crippen LogP contribution is -2.38. The van der Waals surface area contributed by atoms with E-state index in [4.69, 9.17) is 26.5 Å². The van der Waals surface area contributed by atoms with Crippen molar-refractivity contribution in [1.82, 2.24) is 14.3 Å². The molecule has 1 saturated heterocycles. The molecule has 1 unspecified atom stereocenters. The highest BCUT2D eigenvalue weighted by atomic mass is 35.5. The Morgan fingerprint density at radius 1 is 1.26 bits per heavy atom. The van der Waals surface area contributed by atoms with Gasteiger partial charge in [-0.3, -0.25) is 18.8 Å². The van der Waals surface area contributed by atoms with E-state index < -0.39 is 46.7 Å². The van der Waals surface area contributed by atoms with E-state index in [1.807, 2.05) is 0 Å². The summed E-state index contributed by atoms with van der Waals surface area (Å²) in [5.74, 6) is -2.79. The third-order valence-electron chi connectivity index (χ3n) is 6.28. The minimum atomic E-state index is -4.77. The Morgan fingerprint density at radius 3 is 2.60 bits per heavy atom. The van der Waals surface area contributed by atoms with Crippen molar-refractivity contribution in [2.24, 2.45) is 11.7 Å². The first kappa shape index (κ1) is 23.2. The van der Waals surface area contributed by atoms with Crippen molar-refractivity contribution in [1.29, 1.82) is 0 Å². The fraction of sp³-hybridized carbons (Fsp3) is 0.364. The molecule has 0 bridgehead atoms. The van der Waals surface area contributed by atoms with Crippen LogP contribution in [0.1, 0.15) is 35.3 Å². The average molecular weight is 511 g/mol. The lowest BCUT2D eigenvalue weighted by molar-refractivity contribution is -0.161. The zero-order valence-corrected chi connectivity index (χ0v) is 18.7. The van der Waals surface area contributed by atoms with E-state index in [-0.39, 0.29) is 35.9 Å². The second kappa shape index (κ2) is 8.01. The molecule has 1 aliphatic heterocycles. The number of amides is 2. The first-order chi connectivity index (χ1) is 16.5. The fourth-order valence-electron chi connectivity index (χ4n) is 4.12. The molecule has 1 saturated carbocycles. The van der Waals surface area contributed by atoms with Crippen molar-refractivity contribution in [3.8, 4) is 11.1 Å². The van der Waals surface area contributed by atoms with E-state index in [1.54, 1.807) is 0 Å². The molecule has 0 aromatic carbocycles. The summed E-state index contributed by atoms with van der Waals surface area (Å²) >= 11 is 6.33. The Hall–Kier alpha value is -3.54. The van der Waals surface area contributed by atoms with Gasteiger partial charge in [-0.2, -0.15) is 13.2 Å². The number of nitrogens with zero attached hydrogens (tertiary/aromatic N) is 3. The van der Waals surface area contributed by atoms with E-state index in [2.05, 4.69) is 4.98 Å². The van der Waals surface area contributed by atoms with E-state index in [1.165, 1.54) is 29.7 Å². The molecule has 3 aromatic rings. The minimum Gasteiger partial charge on any atom is -0.472 e. The summed E-state index contributed by atoms with van der Waals surface area (Å²) in [6.45, 7) is 0.0852. The quantitative estimate of drug-likeness (QED) is 0.526. The number of fused-ring (bicyclic) bond motifs is 1. The third kappa shape index (κ3) is 4.01. The van der Waals surface area contributed by atoms with Gasteiger partial charge in [0.2, 0.25) is 0 Å². The van der Waals surface area contributed by atoms with Gasteiger partial charge >= 0.3 is 12.1 Å². The first-order valence-electron chi connectivity index (χ1n) is 10.6. The summed E-state index contributed by atoms with van der Waals surface area (Å²) in [5, 5.41) is -0.294. The van der Waals surface area contributed by atoms with Gasteiger partial charge < -0.3 is 19.8 Å². The molecule has 0 radical (unpaired) electrons. The normalized spacial score (nSPS) is 19.2. The van der Waals surface area contributed by atoms with Gasteiger partial charge in [-0.25, -0.2) is 4.98 Å². The number of halogens is 4. The maximum absolute atomic E-state index is 13.8. The first-order valence-corrected chi connectivity index (χ1v) is 11.0. The van der Waals surface area contributed by atoms with E-state index in [0.29, 0.717) is 18.4 Å². The summed E-state index contributed by atoms with van der Waals surface area (Å²) in [6.07, 6.45) is 0.128. The Bertz CT molecular complexity index is 1350. The zero-order valence-electron chi connectivity index (χ0n) is 18.0. The van der Waals surface area contributed by atoms with Crippen LogP contribution in [0.25, 0.3) is 16.8 Å². The third-order valence-corrected chi connectivity index (χ3v) is 6.64. The Labute approximate surface area is 200 Å². The van der Waals surface area contributed by atoms with Crippen molar-refractivity contribution >= 4 is 35.0 Å². The summed E-state index contributed by atoms with van der Waals surface area (Å²) in [4.78, 5) is 42.3. The highest BCUT2D eigenvalue weighted by molar-refractivity contribution is 6.33. The highest BCUT2D eigenvalue weighted by Gasteiger charge is 2.54. The number of carbonyl (C=O) groups is 3. The zero-order chi connectivity index (χ0) is 25.1. The summed E-state index contributed by atoms with van der Waals surface area (Å²) in [5.41, 5.74) is 2.60. The molecule has 2 aliphatic rings. The van der Waals surface area contributed by atoms with Gasteiger partial charge in [0.25, 0.3) is 11.8 Å². The molecule has 2 fully saturated rings. The van der Waals surface area contributed by atoms with Crippen LogP contribution in [0, 0.1) is 5.92 Å². The number of furan rings is 1. The van der Waals surface area contributed by atoms with Crippen LogP contribution < -0.4 is 5.73 Å². The summed E-state index contributed by atoms with van der Waals surface area (Å²) in [7, 11) is 0. The van der Waals surface area contributed by atoms with Gasteiger partial charge in [-0.1, -0.05) is 11.6 Å². The van der Waals surface area contributed by atoms with Crippen molar-refractivity contribution in [2.45, 2.75) is 31.0 Å². The van der Waals surface area contributed by atoms with Gasteiger partial charge in [0.1, 0.15) is 5.15 Å². The number of hydrogen-bond donors (Lipinski definition) is 1. The number of imidazole rings is 1. The molecule has 9 nitrogen and oxygen atoms in total. The van der Waals surface area contributed by atoms with Crippen LogP contribution >= 0.6 is 11.6 Å². The van der Waals surface area contributed by atoms with Crippen LogP contribution in [0.2, 0.25) is 5.15 Å². The lowest BCUT2D eigenvalue weighted by Gasteiger charge is -2.17. The smallest absolute Gasteiger partial charge is 0.420 e. The number of pyridine rings is 1. The molecule has 4 heterocycles. The molecular formula is C22H18ClF3N4O5. The van der Waals surface area contributed by atoms with Crippen molar-refractivity contribution < 1.29 is 36.7 Å². The highest BCUT2D eigenvalue weighted by Crippen LogP contribution is 2.41. The Morgan fingerprint density at radius 2 is 2.00 bits per heavy atom. The van der Waals surface area contributed by atoms with Crippen LogP contribution in [-0.2, 0) is 20.5 Å². The predicted molar refractivity (Wildman–Crippen MR) is 114 cm³/mol. The summed E-state index contributed by atoms with van der Waals surface area (Å²) < 4.78 is 52.7. The topological polar surface area (TPSA) is 120 Å². The minimum absolute atomic E-state index is 0.0525. The van der Waals surface area contributed by atoms with Crippen LogP contribution in [-0.4, -0.2) is 50.8 Å². The maximum Gasteiger partial charge on any atom is 0.420 e. The molecule has 1 aliphatic carbocycles. The van der Waals surface area contributed by atoms with Crippen LogP contribution in [0.4, 0.5) is 13.2 Å². The average Bonchev–Trinajstić information content (AvgIpc) is 3.19. The molecule has 0 spiro atoms. The second-order valence-corrected chi connectivity index (χ2v) is 8.97. The number of aromatic nitrogens is 2. The molecule has 3 aromatic heterocycles. The van der Waals surface area contributed by atoms with Crippen molar-refractivity contribution in [3.05, 3.63) is 47.3 Å². The molecule has 2 N–H and O–H groups in total. The number of nitrogens with two attached hydrogens (primary N) is 1. The molecular weight excluding hydrogens is 493 g/mol. The Kier molecular flexibility index (Phi) is 5.31. The van der Waals surface area contributed by atoms with E-state index >= 15 is 0 Å². The van der Waals surface area contributed by atoms with Gasteiger partial charge in [-0.15, -0.1) is 0 Å². The molecule has 1 atom stereocenters. The molecule has 184 valence electrons. The molecule has 5 rings (SSSR count). The largest absolute Gasteiger partial charge is 0.472 e. The number of likely N-dealkylation sites (tertiary alicyclic amines) is 1. The predicted octanol–water partition coefficient (Wildman–Crippen LogP) is 3.29.